The average molecular weight is 415 g/mol. The molecule has 0 aliphatic rings. The molecule has 4 rings (SSSR count). The van der Waals surface area contributed by atoms with Gasteiger partial charge in [0.05, 0.1) is 23.4 Å². The molecule has 31 heavy (non-hydrogen) atoms. The molecule has 4 aromatic rings. The van der Waals surface area contributed by atoms with E-state index in [0.717, 1.165) is 35.3 Å². The van der Waals surface area contributed by atoms with Crippen molar-refractivity contribution in [1.82, 2.24) is 4.98 Å². The Morgan fingerprint density at radius 2 is 1.58 bits per heavy atom. The van der Waals surface area contributed by atoms with Crippen LogP contribution in [0.5, 0.6) is 5.75 Å². The SMILES string of the molecule is CCCCOc1ccc(-c2ccc(-c3cc(C(=O)O)c4cc(F)ccc4n3)cc2)cc1. The van der Waals surface area contributed by atoms with Crippen molar-refractivity contribution in [2.45, 2.75) is 19.8 Å². The molecule has 0 spiro atoms. The van der Waals surface area contributed by atoms with E-state index in [1.165, 1.54) is 24.3 Å². The number of carbonyl (C=O) groups is 1. The number of aromatic nitrogens is 1. The Kier molecular flexibility index (Phi) is 5.94. The molecule has 3 aromatic carbocycles. The molecule has 0 amide bonds. The predicted octanol–water partition coefficient (Wildman–Crippen LogP) is 6.59. The monoisotopic (exact) mass is 415 g/mol. The Labute approximate surface area is 180 Å². The van der Waals surface area contributed by atoms with Crippen LogP contribution in [0.15, 0.2) is 72.8 Å². The van der Waals surface area contributed by atoms with Crippen LogP contribution >= 0.6 is 0 Å². The van der Waals surface area contributed by atoms with E-state index in [4.69, 9.17) is 4.74 Å². The summed E-state index contributed by atoms with van der Waals surface area (Å²) in [4.78, 5) is 16.2. The van der Waals surface area contributed by atoms with Gasteiger partial charge in [0.2, 0.25) is 0 Å². The largest absolute Gasteiger partial charge is 0.494 e. The zero-order chi connectivity index (χ0) is 21.8. The van der Waals surface area contributed by atoms with E-state index >= 15 is 0 Å². The minimum atomic E-state index is -1.11. The van der Waals surface area contributed by atoms with Gasteiger partial charge in [0, 0.05) is 10.9 Å². The summed E-state index contributed by atoms with van der Waals surface area (Å²) < 4.78 is 19.3. The van der Waals surface area contributed by atoms with Crippen LogP contribution in [-0.2, 0) is 0 Å². The molecule has 0 aliphatic heterocycles. The molecule has 0 unspecified atom stereocenters. The van der Waals surface area contributed by atoms with E-state index < -0.39 is 11.8 Å². The third-order valence-electron chi connectivity index (χ3n) is 5.14. The second kappa shape index (κ2) is 8.96. The predicted molar refractivity (Wildman–Crippen MR) is 120 cm³/mol. The van der Waals surface area contributed by atoms with Gasteiger partial charge in [-0.05, 0) is 53.9 Å². The molecule has 1 N–H and O–H groups in total. The Bertz CT molecular complexity index is 1220. The summed E-state index contributed by atoms with van der Waals surface area (Å²) in [5.74, 6) is -0.750. The third-order valence-corrected chi connectivity index (χ3v) is 5.14. The lowest BCUT2D eigenvalue weighted by molar-refractivity contribution is 0.0699. The smallest absolute Gasteiger partial charge is 0.336 e. The van der Waals surface area contributed by atoms with E-state index in [1.54, 1.807) is 0 Å². The van der Waals surface area contributed by atoms with Crippen LogP contribution in [-0.4, -0.2) is 22.7 Å². The summed E-state index contributed by atoms with van der Waals surface area (Å²) in [5, 5.41) is 9.85. The molecule has 0 radical (unpaired) electrons. The zero-order valence-electron chi connectivity index (χ0n) is 17.1. The van der Waals surface area contributed by atoms with Gasteiger partial charge in [0.1, 0.15) is 11.6 Å². The molecule has 156 valence electrons. The van der Waals surface area contributed by atoms with E-state index in [2.05, 4.69) is 11.9 Å². The number of ether oxygens (including phenoxy) is 1. The molecule has 4 nitrogen and oxygen atoms in total. The number of aromatic carboxylic acids is 1. The maximum Gasteiger partial charge on any atom is 0.336 e. The fourth-order valence-corrected chi connectivity index (χ4v) is 3.43. The maximum atomic E-state index is 13.6. The number of carboxylic acids is 1. The molecule has 1 aromatic heterocycles. The summed E-state index contributed by atoms with van der Waals surface area (Å²) in [6.07, 6.45) is 2.13. The van der Waals surface area contributed by atoms with Gasteiger partial charge in [-0.3, -0.25) is 0 Å². The first-order valence-electron chi connectivity index (χ1n) is 10.2. The van der Waals surface area contributed by atoms with Gasteiger partial charge in [0.25, 0.3) is 0 Å². The number of hydrogen-bond acceptors (Lipinski definition) is 3. The highest BCUT2D eigenvalue weighted by molar-refractivity contribution is 6.03. The second-order valence-electron chi connectivity index (χ2n) is 7.33. The van der Waals surface area contributed by atoms with E-state index in [0.29, 0.717) is 17.8 Å². The summed E-state index contributed by atoms with van der Waals surface area (Å²) in [6, 6.07) is 21.2. The number of nitrogens with zero attached hydrogens (tertiary/aromatic N) is 1. The van der Waals surface area contributed by atoms with Crippen molar-refractivity contribution < 1.29 is 19.0 Å². The van der Waals surface area contributed by atoms with Crippen LogP contribution in [0.25, 0.3) is 33.3 Å². The van der Waals surface area contributed by atoms with Crippen molar-refractivity contribution >= 4 is 16.9 Å². The minimum absolute atomic E-state index is 0.0299. The molecule has 1 heterocycles. The first-order valence-corrected chi connectivity index (χ1v) is 10.2. The van der Waals surface area contributed by atoms with Gasteiger partial charge in [-0.2, -0.15) is 0 Å². The quantitative estimate of drug-likeness (QED) is 0.346. The first kappa shape index (κ1) is 20.5. The number of benzene rings is 3. The summed E-state index contributed by atoms with van der Waals surface area (Å²) >= 11 is 0. The molecule has 0 saturated carbocycles. The number of hydrogen-bond donors (Lipinski definition) is 1. The molecular weight excluding hydrogens is 393 g/mol. The number of fused-ring (bicyclic) bond motifs is 1. The number of unbranched alkanes of at least 4 members (excludes halogenated alkanes) is 1. The van der Waals surface area contributed by atoms with Gasteiger partial charge in [-0.1, -0.05) is 49.7 Å². The molecular formula is C26H22FNO3. The Morgan fingerprint density at radius 1 is 0.935 bits per heavy atom. The maximum absolute atomic E-state index is 13.6. The lowest BCUT2D eigenvalue weighted by Crippen LogP contribution is -2.00. The van der Waals surface area contributed by atoms with Gasteiger partial charge in [-0.15, -0.1) is 0 Å². The highest BCUT2D eigenvalue weighted by Gasteiger charge is 2.14. The van der Waals surface area contributed by atoms with Crippen LogP contribution in [0.2, 0.25) is 0 Å². The van der Waals surface area contributed by atoms with Gasteiger partial charge in [-0.25, -0.2) is 14.2 Å². The van der Waals surface area contributed by atoms with E-state index in [9.17, 15) is 14.3 Å². The fraction of sp³-hybridized carbons (Fsp3) is 0.154. The lowest BCUT2D eigenvalue weighted by atomic mass is 10.0. The third kappa shape index (κ3) is 4.56. The number of carboxylic acid groups (broad SMARTS) is 1. The zero-order valence-corrected chi connectivity index (χ0v) is 17.1. The van der Waals surface area contributed by atoms with Gasteiger partial charge < -0.3 is 9.84 Å². The van der Waals surface area contributed by atoms with Crippen LogP contribution in [0, 0.1) is 5.82 Å². The Hall–Kier alpha value is -3.73. The second-order valence-corrected chi connectivity index (χ2v) is 7.33. The summed E-state index contributed by atoms with van der Waals surface area (Å²) in [5.41, 5.74) is 3.88. The van der Waals surface area contributed by atoms with Crippen molar-refractivity contribution in [3.8, 4) is 28.1 Å². The first-order chi connectivity index (χ1) is 15.0. The highest BCUT2D eigenvalue weighted by Crippen LogP contribution is 2.28. The van der Waals surface area contributed by atoms with Crippen molar-refractivity contribution in [2.24, 2.45) is 0 Å². The van der Waals surface area contributed by atoms with Gasteiger partial charge in [0.15, 0.2) is 0 Å². The summed E-state index contributed by atoms with van der Waals surface area (Å²) in [7, 11) is 0. The average Bonchev–Trinajstić information content (AvgIpc) is 2.79. The van der Waals surface area contributed by atoms with Crippen molar-refractivity contribution in [2.75, 3.05) is 6.61 Å². The summed E-state index contributed by atoms with van der Waals surface area (Å²) in [6.45, 7) is 2.85. The Morgan fingerprint density at radius 3 is 2.23 bits per heavy atom. The molecule has 0 bridgehead atoms. The van der Waals surface area contributed by atoms with Crippen molar-refractivity contribution in [3.63, 3.8) is 0 Å². The topological polar surface area (TPSA) is 59.4 Å². The van der Waals surface area contributed by atoms with Crippen LogP contribution < -0.4 is 4.74 Å². The number of rotatable bonds is 7. The van der Waals surface area contributed by atoms with Crippen LogP contribution in [0.3, 0.4) is 0 Å². The molecule has 5 heteroatoms. The fourth-order valence-electron chi connectivity index (χ4n) is 3.43. The van der Waals surface area contributed by atoms with Crippen molar-refractivity contribution in [3.05, 3.63) is 84.2 Å². The molecule has 0 atom stereocenters. The molecule has 0 fully saturated rings. The standard InChI is InChI=1S/C26H22FNO3/c1-2-3-14-31-21-11-8-18(9-12-21)17-4-6-19(7-5-17)25-16-23(26(29)30)22-15-20(27)10-13-24(22)28-25/h4-13,15-16H,2-3,14H2,1H3,(H,29,30). The Balaban J connectivity index is 1.61. The van der Waals surface area contributed by atoms with Crippen LogP contribution in [0.1, 0.15) is 30.1 Å². The van der Waals surface area contributed by atoms with Crippen LogP contribution in [0.4, 0.5) is 4.39 Å². The lowest BCUT2D eigenvalue weighted by Gasteiger charge is -2.09. The van der Waals surface area contributed by atoms with Gasteiger partial charge >= 0.3 is 5.97 Å². The van der Waals surface area contributed by atoms with E-state index in [1.807, 2.05) is 48.5 Å². The normalized spacial score (nSPS) is 10.9. The number of halogens is 1. The molecule has 0 aliphatic carbocycles. The highest BCUT2D eigenvalue weighted by atomic mass is 19.1. The van der Waals surface area contributed by atoms with Crippen molar-refractivity contribution in [1.29, 1.82) is 0 Å². The number of pyridine rings is 1. The van der Waals surface area contributed by atoms with E-state index in [-0.39, 0.29) is 10.9 Å². The minimum Gasteiger partial charge on any atom is -0.494 e. The molecule has 0 saturated heterocycles.